The Morgan fingerprint density at radius 3 is 2.56 bits per heavy atom. The van der Waals surface area contributed by atoms with Gasteiger partial charge in [0.15, 0.2) is 0 Å². The van der Waals surface area contributed by atoms with Crippen molar-refractivity contribution in [3.8, 4) is 5.75 Å². The summed E-state index contributed by atoms with van der Waals surface area (Å²) in [6.07, 6.45) is 4.83. The third-order valence-electron chi connectivity index (χ3n) is 4.58. The molecule has 0 aliphatic carbocycles. The lowest BCUT2D eigenvalue weighted by Gasteiger charge is -2.10. The lowest BCUT2D eigenvalue weighted by atomic mass is 10.0. The quantitative estimate of drug-likeness (QED) is 0.801. The van der Waals surface area contributed by atoms with Crippen LogP contribution >= 0.6 is 0 Å². The van der Waals surface area contributed by atoms with Gasteiger partial charge in [-0.3, -0.25) is 4.79 Å². The van der Waals surface area contributed by atoms with Crippen LogP contribution in [0.15, 0.2) is 48.5 Å². The molecule has 0 spiro atoms. The van der Waals surface area contributed by atoms with Gasteiger partial charge in [-0.2, -0.15) is 0 Å². The van der Waals surface area contributed by atoms with Crippen LogP contribution in [-0.4, -0.2) is 25.1 Å². The Labute approximate surface area is 149 Å². The number of anilines is 1. The fourth-order valence-corrected chi connectivity index (χ4v) is 3.17. The van der Waals surface area contributed by atoms with E-state index in [2.05, 4.69) is 22.8 Å². The van der Waals surface area contributed by atoms with E-state index in [-0.39, 0.29) is 5.91 Å². The maximum atomic E-state index is 12.3. The molecule has 2 aromatic carbocycles. The van der Waals surface area contributed by atoms with Crippen molar-refractivity contribution in [1.29, 1.82) is 0 Å². The summed E-state index contributed by atoms with van der Waals surface area (Å²) in [6.45, 7) is 3.71. The van der Waals surface area contributed by atoms with E-state index in [0.29, 0.717) is 18.2 Å². The minimum Gasteiger partial charge on any atom is -0.494 e. The first-order valence-electron chi connectivity index (χ1n) is 9.11. The van der Waals surface area contributed by atoms with Crippen LogP contribution in [0.5, 0.6) is 5.75 Å². The Kier molecular flexibility index (Phi) is 6.07. The second-order valence-electron chi connectivity index (χ2n) is 6.44. The van der Waals surface area contributed by atoms with Gasteiger partial charge in [-0.25, -0.2) is 0 Å². The van der Waals surface area contributed by atoms with Crippen LogP contribution in [-0.2, 0) is 6.42 Å². The standard InChI is InChI=1S/C21H26N2O2/c1-2-25-20-13-8-17(9-14-20)21(24)23-19-11-6-16(7-12-19)5-10-18-4-3-15-22-18/h6-9,11-14,18,22H,2-5,10,15H2,1H3,(H,23,24). The molecule has 0 radical (unpaired) electrons. The molecule has 2 N–H and O–H groups in total. The van der Waals surface area contributed by atoms with Crippen molar-refractivity contribution in [2.24, 2.45) is 0 Å². The molecule has 1 aliphatic rings. The lowest BCUT2D eigenvalue weighted by Crippen LogP contribution is -2.21. The number of hydrogen-bond acceptors (Lipinski definition) is 3. The van der Waals surface area contributed by atoms with Crippen LogP contribution in [0.1, 0.15) is 42.1 Å². The SMILES string of the molecule is CCOc1ccc(C(=O)Nc2ccc(CCC3CCCN3)cc2)cc1. The van der Waals surface area contributed by atoms with E-state index in [4.69, 9.17) is 4.74 Å². The normalized spacial score (nSPS) is 16.6. The van der Waals surface area contributed by atoms with E-state index < -0.39 is 0 Å². The number of ether oxygens (including phenoxy) is 1. The molecule has 1 aliphatic heterocycles. The fraction of sp³-hybridized carbons (Fsp3) is 0.381. The first-order valence-corrected chi connectivity index (χ1v) is 9.11. The van der Waals surface area contributed by atoms with Gasteiger partial charge in [-0.15, -0.1) is 0 Å². The van der Waals surface area contributed by atoms with Gasteiger partial charge < -0.3 is 15.4 Å². The largest absolute Gasteiger partial charge is 0.494 e. The topological polar surface area (TPSA) is 50.4 Å². The summed E-state index contributed by atoms with van der Waals surface area (Å²) in [6, 6.07) is 16.0. The Balaban J connectivity index is 1.52. The molecule has 132 valence electrons. The molecule has 1 unspecified atom stereocenters. The molecule has 1 amide bonds. The molecule has 4 heteroatoms. The van der Waals surface area contributed by atoms with Crippen LogP contribution in [0.25, 0.3) is 0 Å². The van der Waals surface area contributed by atoms with E-state index in [0.717, 1.165) is 24.4 Å². The highest BCUT2D eigenvalue weighted by molar-refractivity contribution is 6.04. The smallest absolute Gasteiger partial charge is 0.255 e. The molecule has 1 saturated heterocycles. The van der Waals surface area contributed by atoms with Crippen molar-refractivity contribution in [1.82, 2.24) is 5.32 Å². The summed E-state index contributed by atoms with van der Waals surface area (Å²) < 4.78 is 5.40. The molecule has 1 atom stereocenters. The first-order chi connectivity index (χ1) is 12.2. The second-order valence-corrected chi connectivity index (χ2v) is 6.44. The van der Waals surface area contributed by atoms with Crippen molar-refractivity contribution in [3.63, 3.8) is 0 Å². The van der Waals surface area contributed by atoms with Gasteiger partial charge in [0.1, 0.15) is 5.75 Å². The van der Waals surface area contributed by atoms with Gasteiger partial charge in [0.25, 0.3) is 5.91 Å². The second kappa shape index (κ2) is 8.67. The van der Waals surface area contributed by atoms with Crippen molar-refractivity contribution in [3.05, 3.63) is 59.7 Å². The fourth-order valence-electron chi connectivity index (χ4n) is 3.17. The zero-order chi connectivity index (χ0) is 17.5. The van der Waals surface area contributed by atoms with E-state index in [1.54, 1.807) is 12.1 Å². The lowest BCUT2D eigenvalue weighted by molar-refractivity contribution is 0.102. The summed E-state index contributed by atoms with van der Waals surface area (Å²) in [7, 11) is 0. The van der Waals surface area contributed by atoms with E-state index in [1.807, 2.05) is 31.2 Å². The first kappa shape index (κ1) is 17.5. The Morgan fingerprint density at radius 1 is 1.16 bits per heavy atom. The molecule has 1 fully saturated rings. The Bertz CT molecular complexity index is 674. The third-order valence-corrected chi connectivity index (χ3v) is 4.58. The number of amides is 1. The number of aryl methyl sites for hydroxylation is 1. The number of nitrogens with one attached hydrogen (secondary N) is 2. The van der Waals surface area contributed by atoms with Gasteiger partial charge in [-0.1, -0.05) is 12.1 Å². The summed E-state index contributed by atoms with van der Waals surface area (Å²) in [4.78, 5) is 12.3. The highest BCUT2D eigenvalue weighted by Crippen LogP contribution is 2.17. The van der Waals surface area contributed by atoms with Crippen molar-refractivity contribution >= 4 is 11.6 Å². The predicted octanol–water partition coefficient (Wildman–Crippen LogP) is 4.02. The van der Waals surface area contributed by atoms with Crippen LogP contribution in [0.4, 0.5) is 5.69 Å². The van der Waals surface area contributed by atoms with Crippen molar-refractivity contribution < 1.29 is 9.53 Å². The minimum absolute atomic E-state index is 0.106. The molecule has 1 heterocycles. The zero-order valence-electron chi connectivity index (χ0n) is 14.8. The maximum Gasteiger partial charge on any atom is 0.255 e. The summed E-state index contributed by atoms with van der Waals surface area (Å²) in [5.74, 6) is 0.672. The average Bonchev–Trinajstić information content (AvgIpc) is 3.15. The third kappa shape index (κ3) is 5.07. The van der Waals surface area contributed by atoms with Crippen molar-refractivity contribution in [2.45, 2.75) is 38.6 Å². The highest BCUT2D eigenvalue weighted by Gasteiger charge is 2.13. The van der Waals surface area contributed by atoms with Gasteiger partial charge >= 0.3 is 0 Å². The van der Waals surface area contributed by atoms with Crippen LogP contribution < -0.4 is 15.4 Å². The van der Waals surface area contributed by atoms with Gasteiger partial charge in [0, 0.05) is 17.3 Å². The zero-order valence-corrected chi connectivity index (χ0v) is 14.8. The van der Waals surface area contributed by atoms with E-state index >= 15 is 0 Å². The molecule has 2 aromatic rings. The molecule has 0 saturated carbocycles. The van der Waals surface area contributed by atoms with Gasteiger partial charge in [-0.05, 0) is 81.1 Å². The number of hydrogen-bond donors (Lipinski definition) is 2. The van der Waals surface area contributed by atoms with E-state index in [9.17, 15) is 4.79 Å². The molecular weight excluding hydrogens is 312 g/mol. The summed E-state index contributed by atoms with van der Waals surface area (Å²) in [5, 5.41) is 6.47. The number of benzene rings is 2. The van der Waals surface area contributed by atoms with E-state index in [1.165, 1.54) is 24.8 Å². The van der Waals surface area contributed by atoms with Crippen LogP contribution in [0.2, 0.25) is 0 Å². The number of carbonyl (C=O) groups is 1. The van der Waals surface area contributed by atoms with Crippen LogP contribution in [0, 0.1) is 0 Å². The minimum atomic E-state index is -0.106. The molecule has 4 nitrogen and oxygen atoms in total. The highest BCUT2D eigenvalue weighted by atomic mass is 16.5. The molecule has 0 bridgehead atoms. The summed E-state index contributed by atoms with van der Waals surface area (Å²) in [5.41, 5.74) is 2.76. The van der Waals surface area contributed by atoms with Gasteiger partial charge in [0.2, 0.25) is 0 Å². The predicted molar refractivity (Wildman–Crippen MR) is 101 cm³/mol. The molecule has 0 aromatic heterocycles. The molecule has 3 rings (SSSR count). The number of rotatable bonds is 7. The number of carbonyl (C=O) groups excluding carboxylic acids is 1. The van der Waals surface area contributed by atoms with Crippen LogP contribution in [0.3, 0.4) is 0 Å². The Morgan fingerprint density at radius 2 is 1.92 bits per heavy atom. The molecule has 25 heavy (non-hydrogen) atoms. The monoisotopic (exact) mass is 338 g/mol. The summed E-state index contributed by atoms with van der Waals surface area (Å²) >= 11 is 0. The molecular formula is C21H26N2O2. The van der Waals surface area contributed by atoms with Gasteiger partial charge in [0.05, 0.1) is 6.61 Å². The maximum absolute atomic E-state index is 12.3. The Hall–Kier alpha value is -2.33. The average molecular weight is 338 g/mol. The van der Waals surface area contributed by atoms with Crippen molar-refractivity contribution in [2.75, 3.05) is 18.5 Å².